The van der Waals surface area contributed by atoms with Crippen molar-refractivity contribution in [3.05, 3.63) is 0 Å². The first-order valence-corrected chi connectivity index (χ1v) is 5.50. The standard InChI is InChI=1S/C11H16O2S/c1-10(2)6-4-5-11(10,3)8(14)7(6)9(12)13/h6-7H,4-5H2,1-3H3,(H,12,13)/t6-,7?,11+/m1/s1. The highest BCUT2D eigenvalue weighted by Gasteiger charge is 2.65. The van der Waals surface area contributed by atoms with Crippen molar-refractivity contribution in [2.24, 2.45) is 22.7 Å². The summed E-state index contributed by atoms with van der Waals surface area (Å²) in [5.41, 5.74) is 0.0309. The second-order valence-corrected chi connectivity index (χ2v) is 5.82. The van der Waals surface area contributed by atoms with Crippen LogP contribution in [0, 0.1) is 22.7 Å². The summed E-state index contributed by atoms with van der Waals surface area (Å²) in [6.07, 6.45) is 2.08. The maximum atomic E-state index is 11.1. The lowest BCUT2D eigenvalue weighted by Gasteiger charge is -2.34. The summed E-state index contributed by atoms with van der Waals surface area (Å²) < 4.78 is 0. The Hall–Kier alpha value is -0.440. The maximum Gasteiger partial charge on any atom is 0.311 e. The predicted octanol–water partition coefficient (Wildman–Crippen LogP) is 2.51. The molecule has 3 atom stereocenters. The van der Waals surface area contributed by atoms with E-state index in [4.69, 9.17) is 17.3 Å². The highest BCUT2D eigenvalue weighted by molar-refractivity contribution is 7.80. The van der Waals surface area contributed by atoms with Crippen LogP contribution >= 0.6 is 12.2 Å². The molecule has 0 aliphatic heterocycles. The van der Waals surface area contributed by atoms with E-state index in [0.29, 0.717) is 0 Å². The van der Waals surface area contributed by atoms with Gasteiger partial charge in [-0.05, 0) is 24.2 Å². The van der Waals surface area contributed by atoms with E-state index in [2.05, 4.69) is 20.8 Å². The number of carboxylic acid groups (broad SMARTS) is 1. The van der Waals surface area contributed by atoms with Crippen LogP contribution in [0.25, 0.3) is 0 Å². The van der Waals surface area contributed by atoms with Gasteiger partial charge in [0, 0.05) is 10.3 Å². The Morgan fingerprint density at radius 1 is 1.50 bits per heavy atom. The Balaban J connectivity index is 2.49. The summed E-state index contributed by atoms with van der Waals surface area (Å²) in [6.45, 7) is 6.47. The lowest BCUT2D eigenvalue weighted by atomic mass is 9.71. The number of carboxylic acids is 1. The summed E-state index contributed by atoms with van der Waals surface area (Å²) in [4.78, 5) is 11.9. The largest absolute Gasteiger partial charge is 0.481 e. The third kappa shape index (κ3) is 0.867. The van der Waals surface area contributed by atoms with Gasteiger partial charge in [0.1, 0.15) is 0 Å². The summed E-state index contributed by atoms with van der Waals surface area (Å²) in [5, 5.41) is 9.16. The van der Waals surface area contributed by atoms with Crippen LogP contribution in [0.1, 0.15) is 33.6 Å². The molecular weight excluding hydrogens is 196 g/mol. The van der Waals surface area contributed by atoms with Crippen molar-refractivity contribution in [2.75, 3.05) is 0 Å². The Bertz CT molecular complexity index is 321. The normalized spacial score (nSPS) is 44.4. The van der Waals surface area contributed by atoms with E-state index in [9.17, 15) is 4.79 Å². The van der Waals surface area contributed by atoms with Gasteiger partial charge < -0.3 is 5.11 Å². The van der Waals surface area contributed by atoms with E-state index in [1.807, 2.05) is 0 Å². The molecule has 2 nitrogen and oxygen atoms in total. The molecule has 2 aliphatic carbocycles. The van der Waals surface area contributed by atoms with Gasteiger partial charge >= 0.3 is 5.97 Å². The van der Waals surface area contributed by atoms with Crippen molar-refractivity contribution in [3.63, 3.8) is 0 Å². The zero-order chi connectivity index (χ0) is 10.7. The Kier molecular flexibility index (Phi) is 1.85. The van der Waals surface area contributed by atoms with Crippen LogP contribution in [0.2, 0.25) is 0 Å². The van der Waals surface area contributed by atoms with Gasteiger partial charge in [0.15, 0.2) is 0 Å². The molecule has 2 bridgehead atoms. The molecule has 0 aromatic rings. The summed E-state index contributed by atoms with van der Waals surface area (Å²) in [7, 11) is 0. The average molecular weight is 212 g/mol. The first kappa shape index (κ1) is 10.1. The molecule has 0 spiro atoms. The number of thiocarbonyl (C=S) groups is 1. The van der Waals surface area contributed by atoms with E-state index < -0.39 is 5.97 Å². The molecule has 1 unspecified atom stereocenters. The summed E-state index contributed by atoms with van der Waals surface area (Å²) in [5.74, 6) is -0.854. The first-order valence-electron chi connectivity index (χ1n) is 5.09. The number of hydrogen-bond donors (Lipinski definition) is 1. The van der Waals surface area contributed by atoms with Gasteiger partial charge in [0.2, 0.25) is 0 Å². The predicted molar refractivity (Wildman–Crippen MR) is 58.3 cm³/mol. The van der Waals surface area contributed by atoms with Gasteiger partial charge in [-0.25, -0.2) is 0 Å². The second kappa shape index (κ2) is 2.57. The van der Waals surface area contributed by atoms with Crippen molar-refractivity contribution in [2.45, 2.75) is 33.6 Å². The fourth-order valence-electron chi connectivity index (χ4n) is 3.37. The molecule has 0 aromatic carbocycles. The Labute approximate surface area is 89.7 Å². The lowest BCUT2D eigenvalue weighted by molar-refractivity contribution is -0.141. The maximum absolute atomic E-state index is 11.1. The monoisotopic (exact) mass is 212 g/mol. The minimum absolute atomic E-state index is 0.0317. The smallest absolute Gasteiger partial charge is 0.311 e. The van der Waals surface area contributed by atoms with Crippen molar-refractivity contribution < 1.29 is 9.90 Å². The molecule has 2 aliphatic rings. The molecule has 2 saturated carbocycles. The molecule has 0 amide bonds. The van der Waals surface area contributed by atoms with E-state index in [1.165, 1.54) is 0 Å². The molecule has 2 rings (SSSR count). The minimum Gasteiger partial charge on any atom is -0.481 e. The topological polar surface area (TPSA) is 37.3 Å². The third-order valence-electron chi connectivity index (χ3n) is 4.80. The van der Waals surface area contributed by atoms with E-state index in [1.54, 1.807) is 0 Å². The van der Waals surface area contributed by atoms with Crippen LogP contribution in [0.15, 0.2) is 0 Å². The fraction of sp³-hybridized carbons (Fsp3) is 0.818. The van der Waals surface area contributed by atoms with E-state index >= 15 is 0 Å². The van der Waals surface area contributed by atoms with Gasteiger partial charge in [-0.3, -0.25) is 4.79 Å². The third-order valence-corrected chi connectivity index (χ3v) is 5.50. The number of hydrogen-bond acceptors (Lipinski definition) is 2. The molecule has 14 heavy (non-hydrogen) atoms. The highest BCUT2D eigenvalue weighted by Crippen LogP contribution is 2.66. The first-order chi connectivity index (χ1) is 6.32. The molecule has 0 heterocycles. The number of fused-ring (bicyclic) bond motifs is 2. The van der Waals surface area contributed by atoms with Crippen molar-refractivity contribution >= 4 is 23.1 Å². The zero-order valence-corrected chi connectivity index (χ0v) is 9.65. The van der Waals surface area contributed by atoms with Crippen LogP contribution < -0.4 is 0 Å². The van der Waals surface area contributed by atoms with Crippen LogP contribution in [-0.2, 0) is 4.79 Å². The van der Waals surface area contributed by atoms with Crippen molar-refractivity contribution in [1.29, 1.82) is 0 Å². The number of aliphatic carboxylic acids is 1. The van der Waals surface area contributed by atoms with Crippen LogP contribution in [-0.4, -0.2) is 15.9 Å². The van der Waals surface area contributed by atoms with Gasteiger partial charge in [-0.2, -0.15) is 0 Å². The summed E-state index contributed by atoms with van der Waals surface area (Å²) >= 11 is 5.35. The molecular formula is C11H16O2S. The quantitative estimate of drug-likeness (QED) is 0.679. The lowest BCUT2D eigenvalue weighted by Crippen LogP contribution is -2.34. The van der Waals surface area contributed by atoms with Gasteiger partial charge in [0.25, 0.3) is 0 Å². The SMILES string of the molecule is CC1(C)[C@@H]2CC[C@@]1(C)C(=S)C2C(=O)O. The van der Waals surface area contributed by atoms with Gasteiger partial charge in [0.05, 0.1) is 5.92 Å². The Morgan fingerprint density at radius 3 is 2.36 bits per heavy atom. The van der Waals surface area contributed by atoms with Crippen LogP contribution in [0.4, 0.5) is 0 Å². The second-order valence-electron chi connectivity index (χ2n) is 5.38. The minimum atomic E-state index is -0.725. The fourth-order valence-corrected chi connectivity index (χ4v) is 4.00. The molecule has 0 radical (unpaired) electrons. The van der Waals surface area contributed by atoms with E-state index in [-0.39, 0.29) is 22.7 Å². The van der Waals surface area contributed by atoms with Gasteiger partial charge in [-0.1, -0.05) is 33.0 Å². The highest BCUT2D eigenvalue weighted by atomic mass is 32.1. The van der Waals surface area contributed by atoms with Crippen molar-refractivity contribution in [3.8, 4) is 0 Å². The average Bonchev–Trinajstić information content (AvgIpc) is 2.35. The Morgan fingerprint density at radius 2 is 2.07 bits per heavy atom. The molecule has 2 fully saturated rings. The van der Waals surface area contributed by atoms with Crippen LogP contribution in [0.5, 0.6) is 0 Å². The van der Waals surface area contributed by atoms with Crippen LogP contribution in [0.3, 0.4) is 0 Å². The van der Waals surface area contributed by atoms with E-state index in [0.717, 1.165) is 17.7 Å². The molecule has 78 valence electrons. The van der Waals surface area contributed by atoms with Gasteiger partial charge in [-0.15, -0.1) is 0 Å². The van der Waals surface area contributed by atoms with Crippen molar-refractivity contribution in [1.82, 2.24) is 0 Å². The number of carbonyl (C=O) groups is 1. The molecule has 1 N–H and O–H groups in total. The molecule has 0 saturated heterocycles. The molecule has 0 aromatic heterocycles. The molecule has 3 heteroatoms. The summed E-state index contributed by atoms with van der Waals surface area (Å²) in [6, 6.07) is 0. The zero-order valence-electron chi connectivity index (χ0n) is 8.83. The number of rotatable bonds is 1.